The lowest BCUT2D eigenvalue weighted by atomic mass is 9.55. The molecular formula is C16H18FNO4. The second-order valence-corrected chi connectivity index (χ2v) is 5.15. The molecule has 1 aromatic rings. The van der Waals surface area contributed by atoms with Crippen LogP contribution in [0.3, 0.4) is 0 Å². The van der Waals surface area contributed by atoms with E-state index in [1.54, 1.807) is 6.92 Å². The molecule has 1 aromatic carbocycles. The number of aliphatic carboxylic acids is 2. The molecule has 1 atom stereocenters. The number of carboxylic acids is 2. The van der Waals surface area contributed by atoms with Gasteiger partial charge in [-0.1, -0.05) is 26.0 Å². The van der Waals surface area contributed by atoms with Crippen molar-refractivity contribution in [2.75, 3.05) is 0 Å². The summed E-state index contributed by atoms with van der Waals surface area (Å²) in [5.41, 5.74) is -3.26. The summed E-state index contributed by atoms with van der Waals surface area (Å²) >= 11 is 0. The van der Waals surface area contributed by atoms with Crippen LogP contribution in [-0.4, -0.2) is 22.2 Å². The Hall–Kier alpha value is -2.42. The van der Waals surface area contributed by atoms with E-state index in [1.165, 1.54) is 19.1 Å². The Morgan fingerprint density at radius 2 is 1.64 bits per heavy atom. The molecule has 1 rings (SSSR count). The Bertz CT molecular complexity index is 592. The quantitative estimate of drug-likeness (QED) is 0.755. The summed E-state index contributed by atoms with van der Waals surface area (Å²) in [5.74, 6) is -3.51. The molecule has 0 amide bonds. The molecule has 6 heteroatoms. The third kappa shape index (κ3) is 2.43. The lowest BCUT2D eigenvalue weighted by Crippen LogP contribution is -2.55. The largest absolute Gasteiger partial charge is 0.480 e. The summed E-state index contributed by atoms with van der Waals surface area (Å²) in [5, 5.41) is 28.4. The van der Waals surface area contributed by atoms with Crippen molar-refractivity contribution in [1.82, 2.24) is 0 Å². The molecule has 1 unspecified atom stereocenters. The molecule has 0 aliphatic heterocycles. The first kappa shape index (κ1) is 17.6. The Balaban J connectivity index is 3.76. The minimum Gasteiger partial charge on any atom is -0.480 e. The second-order valence-electron chi connectivity index (χ2n) is 5.15. The monoisotopic (exact) mass is 307 g/mol. The zero-order valence-corrected chi connectivity index (χ0v) is 12.5. The van der Waals surface area contributed by atoms with Gasteiger partial charge >= 0.3 is 11.9 Å². The molecule has 2 N–H and O–H groups in total. The summed E-state index contributed by atoms with van der Waals surface area (Å²) in [7, 11) is 0. The van der Waals surface area contributed by atoms with Crippen LogP contribution in [0.2, 0.25) is 0 Å². The lowest BCUT2D eigenvalue weighted by Gasteiger charge is -2.43. The van der Waals surface area contributed by atoms with Gasteiger partial charge in [0.05, 0.1) is 6.07 Å². The highest BCUT2D eigenvalue weighted by molar-refractivity contribution is 6.00. The number of nitrogens with zero attached hydrogens (tertiary/aromatic N) is 1. The van der Waals surface area contributed by atoms with Crippen molar-refractivity contribution in [2.45, 2.75) is 38.5 Å². The number of rotatable bonds is 7. The summed E-state index contributed by atoms with van der Waals surface area (Å²) in [6, 6.07) is 6.89. The van der Waals surface area contributed by atoms with Crippen LogP contribution in [0, 0.1) is 22.6 Å². The summed E-state index contributed by atoms with van der Waals surface area (Å²) < 4.78 is 13.2. The molecule has 0 fully saturated rings. The van der Waals surface area contributed by atoms with Crippen LogP contribution in [0.25, 0.3) is 0 Å². The van der Waals surface area contributed by atoms with Crippen LogP contribution < -0.4 is 0 Å². The molecule has 0 aliphatic carbocycles. The molecule has 0 aromatic heterocycles. The van der Waals surface area contributed by atoms with E-state index in [4.69, 9.17) is 5.26 Å². The molecule has 0 saturated carbocycles. The zero-order valence-electron chi connectivity index (χ0n) is 12.5. The normalized spacial score (nSPS) is 13.9. The van der Waals surface area contributed by atoms with Crippen LogP contribution in [0.15, 0.2) is 24.3 Å². The minimum absolute atomic E-state index is 0.124. The molecule has 0 bridgehead atoms. The van der Waals surface area contributed by atoms with Gasteiger partial charge in [0.1, 0.15) is 5.82 Å². The molecule has 0 heterocycles. The van der Waals surface area contributed by atoms with Gasteiger partial charge in [0, 0.05) is 11.8 Å². The van der Waals surface area contributed by atoms with Gasteiger partial charge in [0.15, 0.2) is 5.41 Å². The van der Waals surface area contributed by atoms with Crippen molar-refractivity contribution in [3.8, 4) is 6.07 Å². The summed E-state index contributed by atoms with van der Waals surface area (Å²) in [6.07, 6.45) is -0.356. The fourth-order valence-corrected chi connectivity index (χ4v) is 3.18. The average Bonchev–Trinajstić information content (AvgIpc) is 2.47. The number of nitriles is 1. The van der Waals surface area contributed by atoms with Crippen molar-refractivity contribution in [1.29, 1.82) is 5.26 Å². The first-order chi connectivity index (χ1) is 10.3. The van der Waals surface area contributed by atoms with Gasteiger partial charge in [0.2, 0.25) is 0 Å². The topological polar surface area (TPSA) is 98.4 Å². The van der Waals surface area contributed by atoms with Crippen LogP contribution in [0.1, 0.15) is 38.7 Å². The first-order valence-electron chi connectivity index (χ1n) is 6.92. The Morgan fingerprint density at radius 1 is 1.14 bits per heavy atom. The van der Waals surface area contributed by atoms with Crippen LogP contribution >= 0.6 is 0 Å². The highest BCUT2D eigenvalue weighted by Crippen LogP contribution is 2.50. The predicted molar refractivity (Wildman–Crippen MR) is 76.6 cm³/mol. The van der Waals surface area contributed by atoms with Crippen LogP contribution in [0.5, 0.6) is 0 Å². The molecule has 0 radical (unpaired) electrons. The third-order valence-corrected chi connectivity index (χ3v) is 4.46. The number of benzene rings is 1. The number of hydrogen-bond donors (Lipinski definition) is 2. The van der Waals surface area contributed by atoms with Gasteiger partial charge in [-0.2, -0.15) is 5.26 Å². The maximum atomic E-state index is 13.2. The molecule has 0 spiro atoms. The fourth-order valence-electron chi connectivity index (χ4n) is 3.18. The minimum atomic E-state index is -2.16. The van der Waals surface area contributed by atoms with Crippen molar-refractivity contribution < 1.29 is 24.2 Å². The van der Waals surface area contributed by atoms with E-state index < -0.39 is 28.6 Å². The van der Waals surface area contributed by atoms with Crippen LogP contribution in [-0.2, 0) is 15.0 Å². The Kier molecular flexibility index (Phi) is 5.26. The van der Waals surface area contributed by atoms with E-state index in [0.29, 0.717) is 5.56 Å². The van der Waals surface area contributed by atoms with E-state index in [1.807, 2.05) is 6.07 Å². The number of hydrogen-bond acceptors (Lipinski definition) is 3. The number of halogens is 1. The van der Waals surface area contributed by atoms with Gasteiger partial charge in [-0.3, -0.25) is 9.59 Å². The summed E-state index contributed by atoms with van der Waals surface area (Å²) in [4.78, 5) is 23.7. The molecule has 118 valence electrons. The van der Waals surface area contributed by atoms with Gasteiger partial charge in [-0.25, -0.2) is 4.39 Å². The number of carboxylic acid groups (broad SMARTS) is 2. The lowest BCUT2D eigenvalue weighted by molar-refractivity contribution is -0.172. The SMILES string of the molecule is CCC(C(=O)O)(C(=O)O)C(CC)(CC#N)c1ccc(F)cc1. The van der Waals surface area contributed by atoms with E-state index in [2.05, 4.69) is 0 Å². The Morgan fingerprint density at radius 3 is 1.95 bits per heavy atom. The standard InChI is InChI=1S/C16H18FNO4/c1-3-15(9-10-18,11-5-7-12(17)8-6-11)16(4-2,13(19)20)14(21)22/h5-8H,3-4,9H2,1-2H3,(H,19,20)(H,21,22). The fraction of sp³-hybridized carbons (Fsp3) is 0.438. The molecule has 0 aliphatic rings. The van der Waals surface area contributed by atoms with E-state index in [-0.39, 0.29) is 19.3 Å². The Labute approximate surface area is 128 Å². The predicted octanol–water partition coefficient (Wildman–Crippen LogP) is 2.95. The molecule has 22 heavy (non-hydrogen) atoms. The summed E-state index contributed by atoms with van der Waals surface area (Å²) in [6.45, 7) is 3.10. The molecule has 5 nitrogen and oxygen atoms in total. The highest BCUT2D eigenvalue weighted by Gasteiger charge is 2.61. The average molecular weight is 307 g/mol. The third-order valence-electron chi connectivity index (χ3n) is 4.46. The van der Waals surface area contributed by atoms with Gasteiger partial charge in [-0.15, -0.1) is 0 Å². The first-order valence-corrected chi connectivity index (χ1v) is 6.92. The second kappa shape index (κ2) is 6.56. The van der Waals surface area contributed by atoms with Crippen LogP contribution in [0.4, 0.5) is 4.39 Å². The van der Waals surface area contributed by atoms with Crippen molar-refractivity contribution >= 4 is 11.9 Å². The van der Waals surface area contributed by atoms with Gasteiger partial charge < -0.3 is 10.2 Å². The van der Waals surface area contributed by atoms with E-state index in [0.717, 1.165) is 12.1 Å². The smallest absolute Gasteiger partial charge is 0.322 e. The maximum absolute atomic E-state index is 13.2. The van der Waals surface area contributed by atoms with Crippen molar-refractivity contribution in [2.24, 2.45) is 5.41 Å². The molecular weight excluding hydrogens is 289 g/mol. The van der Waals surface area contributed by atoms with E-state index >= 15 is 0 Å². The van der Waals surface area contributed by atoms with Gasteiger partial charge in [0.25, 0.3) is 0 Å². The van der Waals surface area contributed by atoms with E-state index in [9.17, 15) is 24.2 Å². The van der Waals surface area contributed by atoms with Gasteiger partial charge in [-0.05, 0) is 30.5 Å². The number of carbonyl (C=O) groups is 2. The van der Waals surface area contributed by atoms with Crippen molar-refractivity contribution in [3.05, 3.63) is 35.6 Å². The zero-order chi connectivity index (χ0) is 17.0. The van der Waals surface area contributed by atoms with Crippen molar-refractivity contribution in [3.63, 3.8) is 0 Å². The molecule has 0 saturated heterocycles. The maximum Gasteiger partial charge on any atom is 0.322 e. The highest BCUT2D eigenvalue weighted by atomic mass is 19.1.